The average Bonchev–Trinajstić information content (AvgIpc) is 2.31. The standard InChI is InChI=1S/C6H5F5N2/c7-5(8)4-1-12-13(2-4)3-6(9,10)11/h1-2,5H,3H2. The van der Waals surface area contributed by atoms with Gasteiger partial charge >= 0.3 is 6.18 Å². The third kappa shape index (κ3) is 3.00. The summed E-state index contributed by atoms with van der Waals surface area (Å²) in [7, 11) is 0. The fraction of sp³-hybridized carbons (Fsp3) is 0.500. The van der Waals surface area contributed by atoms with Crippen LogP contribution in [0.25, 0.3) is 0 Å². The van der Waals surface area contributed by atoms with Crippen LogP contribution in [0, 0.1) is 0 Å². The molecule has 1 heterocycles. The highest BCUT2D eigenvalue weighted by atomic mass is 19.4. The first kappa shape index (κ1) is 9.94. The Hall–Kier alpha value is -1.14. The number of alkyl halides is 5. The van der Waals surface area contributed by atoms with Gasteiger partial charge in [0.2, 0.25) is 0 Å². The molecule has 0 bridgehead atoms. The lowest BCUT2D eigenvalue weighted by atomic mass is 10.4. The molecule has 0 fully saturated rings. The molecule has 1 aromatic heterocycles. The Morgan fingerprint density at radius 3 is 2.38 bits per heavy atom. The van der Waals surface area contributed by atoms with Gasteiger partial charge in [0.05, 0.1) is 11.8 Å². The molecule has 0 N–H and O–H groups in total. The summed E-state index contributed by atoms with van der Waals surface area (Å²) in [6, 6.07) is 0. The van der Waals surface area contributed by atoms with Crippen molar-refractivity contribution in [2.24, 2.45) is 0 Å². The molecule has 0 radical (unpaired) electrons. The highest BCUT2D eigenvalue weighted by Crippen LogP contribution is 2.20. The molecule has 0 atom stereocenters. The van der Waals surface area contributed by atoms with Gasteiger partial charge in [0, 0.05) is 6.20 Å². The van der Waals surface area contributed by atoms with Crippen LogP contribution in [0.1, 0.15) is 12.0 Å². The first-order chi connectivity index (χ1) is 5.88. The molecular weight excluding hydrogens is 195 g/mol. The Morgan fingerprint density at radius 2 is 2.00 bits per heavy atom. The highest BCUT2D eigenvalue weighted by Gasteiger charge is 2.28. The SMILES string of the molecule is FC(F)c1cnn(CC(F)(F)F)c1. The molecule has 0 aliphatic rings. The van der Waals surface area contributed by atoms with Gasteiger partial charge in [0.25, 0.3) is 6.43 Å². The Bertz CT molecular complexity index is 277. The zero-order valence-electron chi connectivity index (χ0n) is 6.22. The predicted octanol–water partition coefficient (Wildman–Crippen LogP) is 2.38. The van der Waals surface area contributed by atoms with Crippen molar-refractivity contribution < 1.29 is 22.0 Å². The minimum absolute atomic E-state index is 0.432. The lowest BCUT2D eigenvalue weighted by Gasteiger charge is -2.04. The molecule has 0 saturated heterocycles. The minimum atomic E-state index is -4.44. The summed E-state index contributed by atoms with van der Waals surface area (Å²) in [5.74, 6) is 0. The van der Waals surface area contributed by atoms with Gasteiger partial charge in [0.1, 0.15) is 6.54 Å². The van der Waals surface area contributed by atoms with Crippen LogP contribution in [0.4, 0.5) is 22.0 Å². The van der Waals surface area contributed by atoms with E-state index in [1.807, 2.05) is 0 Å². The molecule has 0 aliphatic heterocycles. The molecule has 1 rings (SSSR count). The van der Waals surface area contributed by atoms with Gasteiger partial charge in [-0.25, -0.2) is 8.78 Å². The summed E-state index contributed by atoms with van der Waals surface area (Å²) in [6.45, 7) is -1.35. The summed E-state index contributed by atoms with van der Waals surface area (Å²) in [5, 5.41) is 3.14. The molecule has 0 aromatic carbocycles. The van der Waals surface area contributed by atoms with E-state index in [-0.39, 0.29) is 0 Å². The summed E-state index contributed by atoms with van der Waals surface area (Å²) in [6.07, 6.45) is -5.83. The number of nitrogens with zero attached hydrogens (tertiary/aromatic N) is 2. The van der Waals surface area contributed by atoms with Crippen LogP contribution in [0.5, 0.6) is 0 Å². The van der Waals surface area contributed by atoms with Gasteiger partial charge < -0.3 is 0 Å². The van der Waals surface area contributed by atoms with Crippen molar-refractivity contribution in [1.29, 1.82) is 0 Å². The number of aromatic nitrogens is 2. The molecule has 74 valence electrons. The molecular formula is C6H5F5N2. The van der Waals surface area contributed by atoms with Crippen LogP contribution < -0.4 is 0 Å². The van der Waals surface area contributed by atoms with Crippen LogP contribution in [-0.2, 0) is 6.54 Å². The maximum absolute atomic E-state index is 11.9. The van der Waals surface area contributed by atoms with E-state index in [0.29, 0.717) is 10.9 Å². The van der Waals surface area contributed by atoms with E-state index in [0.717, 1.165) is 6.20 Å². The Morgan fingerprint density at radius 1 is 1.38 bits per heavy atom. The van der Waals surface area contributed by atoms with Crippen LogP contribution in [0.2, 0.25) is 0 Å². The second kappa shape index (κ2) is 3.31. The van der Waals surface area contributed by atoms with Gasteiger partial charge in [-0.2, -0.15) is 18.3 Å². The summed E-state index contributed by atoms with van der Waals surface area (Å²) in [5.41, 5.74) is -0.510. The molecule has 13 heavy (non-hydrogen) atoms. The summed E-state index contributed by atoms with van der Waals surface area (Å²) in [4.78, 5) is 0. The zero-order valence-corrected chi connectivity index (χ0v) is 6.22. The maximum Gasteiger partial charge on any atom is 0.408 e. The fourth-order valence-electron chi connectivity index (χ4n) is 0.762. The normalized spacial score (nSPS) is 12.5. The van der Waals surface area contributed by atoms with Gasteiger partial charge in [-0.3, -0.25) is 4.68 Å². The Labute approximate surface area is 70.0 Å². The minimum Gasteiger partial charge on any atom is -0.263 e. The van der Waals surface area contributed by atoms with E-state index in [4.69, 9.17) is 0 Å². The van der Waals surface area contributed by atoms with Crippen LogP contribution >= 0.6 is 0 Å². The second-order valence-corrected chi connectivity index (χ2v) is 2.39. The van der Waals surface area contributed by atoms with Crippen LogP contribution in [0.3, 0.4) is 0 Å². The molecule has 0 aliphatic carbocycles. The number of rotatable bonds is 2. The van der Waals surface area contributed by atoms with Crippen molar-refractivity contribution in [2.75, 3.05) is 0 Å². The highest BCUT2D eigenvalue weighted by molar-refractivity contribution is 5.05. The number of hydrogen-bond donors (Lipinski definition) is 0. The summed E-state index contributed by atoms with van der Waals surface area (Å²) >= 11 is 0. The predicted molar refractivity (Wildman–Crippen MR) is 33.2 cm³/mol. The van der Waals surface area contributed by atoms with E-state index in [1.54, 1.807) is 0 Å². The van der Waals surface area contributed by atoms with E-state index in [2.05, 4.69) is 5.10 Å². The Kier molecular flexibility index (Phi) is 2.53. The quantitative estimate of drug-likeness (QED) is 0.670. The van der Waals surface area contributed by atoms with E-state index >= 15 is 0 Å². The number of halogens is 5. The van der Waals surface area contributed by atoms with E-state index in [1.165, 1.54) is 0 Å². The first-order valence-corrected chi connectivity index (χ1v) is 3.26. The monoisotopic (exact) mass is 200 g/mol. The Balaban J connectivity index is 2.70. The zero-order chi connectivity index (χ0) is 10.1. The third-order valence-electron chi connectivity index (χ3n) is 1.25. The largest absolute Gasteiger partial charge is 0.408 e. The van der Waals surface area contributed by atoms with Crippen LogP contribution in [0.15, 0.2) is 12.4 Å². The van der Waals surface area contributed by atoms with E-state index in [9.17, 15) is 22.0 Å². The second-order valence-electron chi connectivity index (χ2n) is 2.39. The van der Waals surface area contributed by atoms with Crippen molar-refractivity contribution in [3.05, 3.63) is 18.0 Å². The molecule has 0 saturated carbocycles. The van der Waals surface area contributed by atoms with Crippen molar-refractivity contribution in [2.45, 2.75) is 19.1 Å². The van der Waals surface area contributed by atoms with Crippen LogP contribution in [-0.4, -0.2) is 16.0 Å². The third-order valence-corrected chi connectivity index (χ3v) is 1.25. The smallest absolute Gasteiger partial charge is 0.263 e. The topological polar surface area (TPSA) is 17.8 Å². The van der Waals surface area contributed by atoms with Gasteiger partial charge in [-0.05, 0) is 0 Å². The van der Waals surface area contributed by atoms with Crippen molar-refractivity contribution in [3.63, 3.8) is 0 Å². The van der Waals surface area contributed by atoms with Crippen molar-refractivity contribution in [3.8, 4) is 0 Å². The first-order valence-electron chi connectivity index (χ1n) is 3.26. The molecule has 0 spiro atoms. The van der Waals surface area contributed by atoms with Crippen molar-refractivity contribution >= 4 is 0 Å². The molecule has 7 heteroatoms. The van der Waals surface area contributed by atoms with E-state index < -0.39 is 24.7 Å². The molecule has 0 unspecified atom stereocenters. The van der Waals surface area contributed by atoms with Gasteiger partial charge in [-0.1, -0.05) is 0 Å². The molecule has 1 aromatic rings. The van der Waals surface area contributed by atoms with Crippen molar-refractivity contribution in [1.82, 2.24) is 9.78 Å². The molecule has 2 nitrogen and oxygen atoms in total. The lowest BCUT2D eigenvalue weighted by Crippen LogP contribution is -2.17. The maximum atomic E-state index is 11.9. The summed E-state index contributed by atoms with van der Waals surface area (Å²) < 4.78 is 59.3. The lowest BCUT2D eigenvalue weighted by molar-refractivity contribution is -0.142. The molecule has 0 amide bonds. The average molecular weight is 200 g/mol. The van der Waals surface area contributed by atoms with Gasteiger partial charge in [0.15, 0.2) is 0 Å². The fourth-order valence-corrected chi connectivity index (χ4v) is 0.762. The number of hydrogen-bond acceptors (Lipinski definition) is 1. The van der Waals surface area contributed by atoms with Gasteiger partial charge in [-0.15, -0.1) is 0 Å².